The maximum atomic E-state index is 13.6. The van der Waals surface area contributed by atoms with Gasteiger partial charge in [0.1, 0.15) is 12.3 Å². The molecular formula is C25H27ClN2O4S. The normalized spacial score (nSPS) is 12.2. The summed E-state index contributed by atoms with van der Waals surface area (Å²) in [6, 6.07) is 18.4. The lowest BCUT2D eigenvalue weighted by Gasteiger charge is -2.27. The summed E-state index contributed by atoms with van der Waals surface area (Å²) < 4.78 is 33.6. The average Bonchev–Trinajstić information content (AvgIpc) is 2.79. The van der Waals surface area contributed by atoms with Crippen LogP contribution in [-0.4, -0.2) is 28.0 Å². The maximum Gasteiger partial charge on any atom is 0.264 e. The van der Waals surface area contributed by atoms with Crippen LogP contribution in [0.15, 0.2) is 71.6 Å². The van der Waals surface area contributed by atoms with Gasteiger partial charge in [-0.05, 0) is 56.7 Å². The second-order valence-electron chi connectivity index (χ2n) is 7.79. The van der Waals surface area contributed by atoms with E-state index < -0.39 is 28.5 Å². The van der Waals surface area contributed by atoms with Crippen molar-refractivity contribution in [3.05, 3.63) is 88.4 Å². The molecule has 1 amide bonds. The molecule has 3 aromatic rings. The van der Waals surface area contributed by atoms with E-state index in [2.05, 4.69) is 5.32 Å². The summed E-state index contributed by atoms with van der Waals surface area (Å²) in [5.41, 5.74) is 2.76. The first-order valence-corrected chi connectivity index (χ1v) is 12.2. The number of carbonyl (C=O) groups excluding carboxylic acids is 1. The first-order valence-electron chi connectivity index (χ1n) is 10.4. The standard InChI is InChI=1S/C25H27ClN2O4S/c1-17-9-13-21(14-10-17)33(30,31)28(23-15-20(26)12-11-18(23)2)16-25(29)27-19(3)22-7-5-6-8-24(22)32-4/h5-15,19H,16H2,1-4H3,(H,27,29)/t19-/m1/s1. The highest BCUT2D eigenvalue weighted by Gasteiger charge is 2.29. The molecule has 0 saturated carbocycles. The van der Waals surface area contributed by atoms with Crippen LogP contribution in [0, 0.1) is 13.8 Å². The summed E-state index contributed by atoms with van der Waals surface area (Å²) in [5, 5.41) is 3.26. The van der Waals surface area contributed by atoms with Crippen molar-refractivity contribution in [2.45, 2.75) is 31.7 Å². The molecule has 0 unspecified atom stereocenters. The third-order valence-corrected chi connectivity index (χ3v) is 7.33. The van der Waals surface area contributed by atoms with Gasteiger partial charge >= 0.3 is 0 Å². The molecule has 0 aliphatic rings. The fourth-order valence-corrected chi connectivity index (χ4v) is 5.15. The number of methoxy groups -OCH3 is 1. The molecule has 0 saturated heterocycles. The summed E-state index contributed by atoms with van der Waals surface area (Å²) in [6.07, 6.45) is 0. The molecule has 174 valence electrons. The van der Waals surface area contributed by atoms with Crippen LogP contribution in [-0.2, 0) is 14.8 Å². The van der Waals surface area contributed by atoms with Crippen LogP contribution < -0.4 is 14.4 Å². The van der Waals surface area contributed by atoms with E-state index in [1.807, 2.05) is 38.1 Å². The van der Waals surface area contributed by atoms with Crippen LogP contribution in [0.5, 0.6) is 5.75 Å². The van der Waals surface area contributed by atoms with Crippen molar-refractivity contribution in [2.75, 3.05) is 18.0 Å². The minimum absolute atomic E-state index is 0.0954. The van der Waals surface area contributed by atoms with E-state index in [0.717, 1.165) is 15.4 Å². The Hall–Kier alpha value is -3.03. The molecule has 0 aliphatic carbocycles. The number of ether oxygens (including phenoxy) is 1. The Kier molecular flexibility index (Phi) is 7.66. The fraction of sp³-hybridized carbons (Fsp3) is 0.240. The number of para-hydroxylation sites is 1. The van der Waals surface area contributed by atoms with Gasteiger partial charge in [0.15, 0.2) is 0 Å². The predicted molar refractivity (Wildman–Crippen MR) is 131 cm³/mol. The molecule has 1 atom stereocenters. The van der Waals surface area contributed by atoms with Gasteiger partial charge in [-0.2, -0.15) is 0 Å². The Labute approximate surface area is 200 Å². The Morgan fingerprint density at radius 1 is 1.06 bits per heavy atom. The van der Waals surface area contributed by atoms with Gasteiger partial charge in [-0.15, -0.1) is 0 Å². The summed E-state index contributed by atoms with van der Waals surface area (Å²) in [6.45, 7) is 5.07. The number of nitrogens with zero attached hydrogens (tertiary/aromatic N) is 1. The predicted octanol–water partition coefficient (Wildman–Crippen LogP) is 5.04. The number of hydrogen-bond acceptors (Lipinski definition) is 4. The van der Waals surface area contributed by atoms with E-state index in [4.69, 9.17) is 16.3 Å². The minimum Gasteiger partial charge on any atom is -0.496 e. The molecule has 0 radical (unpaired) electrons. The molecular weight excluding hydrogens is 460 g/mol. The summed E-state index contributed by atoms with van der Waals surface area (Å²) in [5.74, 6) is 0.184. The van der Waals surface area contributed by atoms with Gasteiger partial charge in [-0.3, -0.25) is 9.10 Å². The molecule has 0 bridgehead atoms. The lowest BCUT2D eigenvalue weighted by molar-refractivity contribution is -0.120. The van der Waals surface area contributed by atoms with Crippen molar-refractivity contribution in [1.29, 1.82) is 0 Å². The van der Waals surface area contributed by atoms with Gasteiger partial charge in [0.05, 0.1) is 23.7 Å². The first-order chi connectivity index (χ1) is 15.6. The number of hydrogen-bond donors (Lipinski definition) is 1. The van der Waals surface area contributed by atoms with Crippen LogP contribution >= 0.6 is 11.6 Å². The van der Waals surface area contributed by atoms with Gasteiger partial charge in [-0.25, -0.2) is 8.42 Å². The highest BCUT2D eigenvalue weighted by Crippen LogP contribution is 2.30. The number of anilines is 1. The average molecular weight is 487 g/mol. The summed E-state index contributed by atoms with van der Waals surface area (Å²) in [7, 11) is -2.47. The molecule has 0 aliphatic heterocycles. The molecule has 8 heteroatoms. The van der Waals surface area contributed by atoms with E-state index >= 15 is 0 Å². The third-order valence-electron chi connectivity index (χ3n) is 5.32. The lowest BCUT2D eigenvalue weighted by atomic mass is 10.1. The molecule has 3 rings (SSSR count). The highest BCUT2D eigenvalue weighted by molar-refractivity contribution is 7.92. The van der Waals surface area contributed by atoms with Crippen molar-refractivity contribution < 1.29 is 17.9 Å². The topological polar surface area (TPSA) is 75.7 Å². The number of sulfonamides is 1. The molecule has 0 fully saturated rings. The molecule has 33 heavy (non-hydrogen) atoms. The van der Waals surface area contributed by atoms with Gasteiger partial charge in [0.25, 0.3) is 10.0 Å². The zero-order valence-electron chi connectivity index (χ0n) is 19.0. The number of halogens is 1. The molecule has 0 heterocycles. The largest absolute Gasteiger partial charge is 0.496 e. The zero-order chi connectivity index (χ0) is 24.2. The fourth-order valence-electron chi connectivity index (χ4n) is 3.51. The first kappa shape index (κ1) is 24.6. The number of nitrogens with one attached hydrogen (secondary N) is 1. The summed E-state index contributed by atoms with van der Waals surface area (Å²) >= 11 is 6.18. The van der Waals surface area contributed by atoms with Crippen molar-refractivity contribution in [1.82, 2.24) is 5.32 Å². The third kappa shape index (κ3) is 5.67. The van der Waals surface area contributed by atoms with Crippen LogP contribution in [0.1, 0.15) is 29.7 Å². The maximum absolute atomic E-state index is 13.6. The Morgan fingerprint density at radius 2 is 1.73 bits per heavy atom. The number of rotatable bonds is 8. The second kappa shape index (κ2) is 10.3. The van der Waals surface area contributed by atoms with Gasteiger partial charge in [-0.1, -0.05) is 53.6 Å². The number of benzene rings is 3. The summed E-state index contributed by atoms with van der Waals surface area (Å²) in [4.78, 5) is 13.1. The SMILES string of the molecule is COc1ccccc1[C@@H](C)NC(=O)CN(c1cc(Cl)ccc1C)S(=O)(=O)c1ccc(C)cc1. The number of amides is 1. The molecule has 1 N–H and O–H groups in total. The lowest BCUT2D eigenvalue weighted by Crippen LogP contribution is -2.42. The van der Waals surface area contributed by atoms with Gasteiger partial charge in [0, 0.05) is 10.6 Å². The van der Waals surface area contributed by atoms with Gasteiger partial charge in [0.2, 0.25) is 5.91 Å². The molecule has 3 aromatic carbocycles. The van der Waals surface area contributed by atoms with Crippen LogP contribution in [0.25, 0.3) is 0 Å². The Balaban J connectivity index is 1.95. The smallest absolute Gasteiger partial charge is 0.264 e. The highest BCUT2D eigenvalue weighted by atomic mass is 35.5. The van der Waals surface area contributed by atoms with Crippen LogP contribution in [0.2, 0.25) is 5.02 Å². The van der Waals surface area contributed by atoms with Gasteiger partial charge < -0.3 is 10.1 Å². The Morgan fingerprint density at radius 3 is 2.39 bits per heavy atom. The van der Waals surface area contributed by atoms with E-state index in [9.17, 15) is 13.2 Å². The quantitative estimate of drug-likeness (QED) is 0.484. The monoisotopic (exact) mass is 486 g/mol. The zero-order valence-corrected chi connectivity index (χ0v) is 20.6. The van der Waals surface area contributed by atoms with Crippen molar-refractivity contribution in [3.8, 4) is 5.75 Å². The van der Waals surface area contributed by atoms with Crippen LogP contribution in [0.4, 0.5) is 5.69 Å². The van der Waals surface area contributed by atoms with Crippen molar-refractivity contribution in [2.24, 2.45) is 0 Å². The second-order valence-corrected chi connectivity index (χ2v) is 10.1. The van der Waals surface area contributed by atoms with Crippen molar-refractivity contribution >= 4 is 33.2 Å². The van der Waals surface area contributed by atoms with Crippen molar-refractivity contribution in [3.63, 3.8) is 0 Å². The molecule has 0 aromatic heterocycles. The van der Waals surface area contributed by atoms with Crippen LogP contribution in [0.3, 0.4) is 0 Å². The Bertz CT molecular complexity index is 1240. The van der Waals surface area contributed by atoms with E-state index in [-0.39, 0.29) is 4.90 Å². The molecule has 6 nitrogen and oxygen atoms in total. The number of aryl methyl sites for hydroxylation is 2. The van der Waals surface area contributed by atoms with E-state index in [1.54, 1.807) is 44.4 Å². The number of carbonyl (C=O) groups is 1. The van der Waals surface area contributed by atoms with E-state index in [0.29, 0.717) is 22.0 Å². The molecule has 0 spiro atoms. The van der Waals surface area contributed by atoms with E-state index in [1.165, 1.54) is 12.1 Å². The minimum atomic E-state index is -4.03.